The molecule has 0 aliphatic carbocycles. The molecule has 4 nitrogen and oxygen atoms in total. The summed E-state index contributed by atoms with van der Waals surface area (Å²) in [4.78, 5) is 12.6. The van der Waals surface area contributed by atoms with Crippen LogP contribution in [0.5, 0.6) is 0 Å². The Morgan fingerprint density at radius 1 is 1.73 bits per heavy atom. The number of benzene rings is 1. The third-order valence-electron chi connectivity index (χ3n) is 2.29. The van der Waals surface area contributed by atoms with Crippen molar-refractivity contribution in [2.75, 3.05) is 0 Å². The first kappa shape index (κ1) is 5.32. The van der Waals surface area contributed by atoms with Crippen LogP contribution in [0.25, 0.3) is 12.3 Å². The molecule has 0 fully saturated rings. The van der Waals surface area contributed by atoms with Crippen LogP contribution in [0.3, 0.4) is 0 Å². The summed E-state index contributed by atoms with van der Waals surface area (Å²) < 4.78 is 36.3. The number of hydrogen-bond acceptors (Lipinski definition) is 2. The van der Waals surface area contributed by atoms with Gasteiger partial charge in [0.25, 0.3) is 1.43 Å². The molecule has 0 radical (unpaired) electrons. The van der Waals surface area contributed by atoms with Crippen molar-refractivity contribution in [3.63, 3.8) is 0 Å². The number of aliphatic carboxylic acids is 1. The Bertz CT molecular complexity index is 637. The molecule has 0 unspecified atom stereocenters. The van der Waals surface area contributed by atoms with Crippen molar-refractivity contribution >= 4 is 16.9 Å². The number of para-hydroxylation sites is 1. The number of rotatable bonds is 4. The normalized spacial score (nSPS) is 18.3. The summed E-state index contributed by atoms with van der Waals surface area (Å²) in [6.07, 6.45) is 1.34. The lowest BCUT2D eigenvalue weighted by Crippen LogP contribution is -2.65. The van der Waals surface area contributed by atoms with E-state index in [1.165, 1.54) is 6.20 Å². The molecule has 0 aliphatic rings. The number of hydrogen-bond donors (Lipinski definition) is 3. The molecule has 1 heterocycles. The summed E-state index contributed by atoms with van der Waals surface area (Å²) in [5, 5.41) is 4.52. The molecule has 0 amide bonds. The monoisotopic (exact) mass is 210 g/mol. The van der Waals surface area contributed by atoms with Gasteiger partial charge in [-0.15, -0.1) is 0 Å². The van der Waals surface area contributed by atoms with Gasteiger partial charge in [-0.25, -0.2) is 4.79 Å². The maximum atomic E-state index is 11.5. The van der Waals surface area contributed by atoms with E-state index >= 15 is 0 Å². The zero-order valence-corrected chi connectivity index (χ0v) is 7.88. The van der Waals surface area contributed by atoms with E-state index in [0.29, 0.717) is 16.5 Å². The number of nitrogens with one attached hydrogen (secondary N) is 1. The Morgan fingerprint density at radius 3 is 3.40 bits per heavy atom. The molecule has 1 atom stereocenters. The maximum absolute atomic E-state index is 11.5. The SMILES string of the molecule is [2H]OC(=O)[C@H](Cc1cn([2H])c2ccccc12)[N+]([2H])([2H])[2H]. The third-order valence-corrected chi connectivity index (χ3v) is 2.29. The first-order valence-electron chi connectivity index (χ1n) is 6.76. The van der Waals surface area contributed by atoms with Crippen molar-refractivity contribution in [1.82, 2.24) is 4.98 Å². The zero-order valence-electron chi connectivity index (χ0n) is 12.9. The van der Waals surface area contributed by atoms with Crippen LogP contribution in [0, 0.1) is 0 Å². The van der Waals surface area contributed by atoms with Gasteiger partial charge in [-0.1, -0.05) is 18.2 Å². The van der Waals surface area contributed by atoms with Gasteiger partial charge in [0.05, 0.1) is 0 Å². The van der Waals surface area contributed by atoms with Crippen molar-refractivity contribution in [2.45, 2.75) is 12.5 Å². The van der Waals surface area contributed by atoms with Gasteiger partial charge in [0.15, 0.2) is 7.45 Å². The molecule has 2 rings (SSSR count). The lowest BCUT2D eigenvalue weighted by atomic mass is 10.1. The van der Waals surface area contributed by atoms with Gasteiger partial charge in [-0.3, -0.25) is 0 Å². The van der Waals surface area contributed by atoms with Crippen LogP contribution in [-0.4, -0.2) is 22.1 Å². The number of fused-ring (bicyclic) bond motifs is 1. The fraction of sp³-hybridized carbons (Fsp3) is 0.182. The van der Waals surface area contributed by atoms with Gasteiger partial charge in [0, 0.05) is 23.5 Å². The van der Waals surface area contributed by atoms with Crippen LogP contribution in [0.4, 0.5) is 0 Å². The lowest BCUT2D eigenvalue weighted by molar-refractivity contribution is -0.407. The second-order valence-electron chi connectivity index (χ2n) is 3.34. The van der Waals surface area contributed by atoms with Crippen molar-refractivity contribution in [3.8, 4) is 0 Å². The van der Waals surface area contributed by atoms with Gasteiger partial charge in [0.1, 0.15) is 0 Å². The average molecular weight is 210 g/mol. The van der Waals surface area contributed by atoms with Crippen LogP contribution in [0.1, 0.15) is 5.56 Å². The smallest absolute Gasteiger partial charge is 0.362 e. The first-order chi connectivity index (χ1) is 9.34. The third kappa shape index (κ3) is 1.85. The van der Waals surface area contributed by atoms with E-state index in [1.54, 1.807) is 24.3 Å². The molecule has 0 saturated heterocycles. The predicted molar refractivity (Wildman–Crippen MR) is 56.3 cm³/mol. The number of aromatic nitrogens is 1. The summed E-state index contributed by atoms with van der Waals surface area (Å²) in [5.41, 5.74) is -0.700. The van der Waals surface area contributed by atoms with Gasteiger partial charge in [-0.2, -0.15) is 0 Å². The van der Waals surface area contributed by atoms with Crippen molar-refractivity contribution in [3.05, 3.63) is 36.0 Å². The molecule has 15 heavy (non-hydrogen) atoms. The highest BCUT2D eigenvalue weighted by Crippen LogP contribution is 2.18. The molecule has 2 aromatic rings. The average Bonchev–Trinajstić information content (AvgIpc) is 2.71. The number of carboxylic acid groups (broad SMARTS) is 1. The number of carboxylic acids is 1. The number of quaternary nitrogens is 1. The molecule has 5 N–H and O–H groups in total. The second-order valence-corrected chi connectivity index (χ2v) is 3.34. The molecular weight excluding hydrogens is 192 g/mol. The molecule has 0 bridgehead atoms. The fourth-order valence-corrected chi connectivity index (χ4v) is 1.53. The lowest BCUT2D eigenvalue weighted by Gasteiger charge is -2.01. The van der Waals surface area contributed by atoms with Gasteiger partial charge >= 0.3 is 10.2 Å². The largest absolute Gasteiger partial charge is 0.477 e. The summed E-state index contributed by atoms with van der Waals surface area (Å²) in [7, 11) is 0. The Kier molecular flexibility index (Phi) is 1.33. The molecule has 1 aromatic heterocycles. The molecule has 4 heteroatoms. The van der Waals surface area contributed by atoms with Gasteiger partial charge in [-0.05, 0) is 11.6 Å². The number of aromatic amines is 1. The topological polar surface area (TPSA) is 80.7 Å². The van der Waals surface area contributed by atoms with E-state index in [2.05, 4.69) is 5.11 Å². The second kappa shape index (κ2) is 3.74. The number of carbonyl (C=O) groups is 1. The predicted octanol–water partition coefficient (Wildman–Crippen LogP) is 0.405. The van der Waals surface area contributed by atoms with Gasteiger partial charge in [0.2, 0.25) is 0 Å². The van der Waals surface area contributed by atoms with Crippen molar-refractivity contribution in [2.24, 2.45) is 0 Å². The Morgan fingerprint density at radius 2 is 2.60 bits per heavy atom. The van der Waals surface area contributed by atoms with Crippen molar-refractivity contribution < 1.29 is 21.3 Å². The van der Waals surface area contributed by atoms with Crippen LogP contribution in [0.2, 0.25) is 5.65 Å². The number of H-pyrrole nitrogens is 1. The van der Waals surface area contributed by atoms with E-state index in [0.717, 1.165) is 4.98 Å². The Labute approximate surface area is 94.1 Å². The van der Waals surface area contributed by atoms with Crippen LogP contribution in [-0.2, 0) is 11.2 Å². The van der Waals surface area contributed by atoms with E-state index in [9.17, 15) is 4.79 Å². The minimum atomic E-state index is -1.88. The van der Waals surface area contributed by atoms with E-state index in [-0.39, 0.29) is 6.42 Å². The summed E-state index contributed by atoms with van der Waals surface area (Å²) in [6.45, 7) is 0. The zero-order chi connectivity index (χ0) is 14.9. The van der Waals surface area contributed by atoms with E-state index in [1.807, 2.05) is 0 Å². The summed E-state index contributed by atoms with van der Waals surface area (Å²) in [5.74, 6) is -1.12. The minimum Gasteiger partial charge on any atom is -0.477 e. The molecule has 1 aromatic carbocycles. The molecule has 0 aliphatic heterocycles. The highest BCUT2D eigenvalue weighted by Gasteiger charge is 2.17. The van der Waals surface area contributed by atoms with Crippen molar-refractivity contribution in [1.29, 1.82) is 1.43 Å². The molecular formula is C11H13N2O2+. The standard InChI is InChI=1S/C11H12N2O2/c12-9(11(14)15)5-7-6-13-10-4-2-1-3-8(7)10/h1-4,6,9,13H,5,12H2,(H,14,15)/p+1/t9-/m0/s1/i/hD5. The highest BCUT2D eigenvalue weighted by atomic mass is 16.4. The van der Waals surface area contributed by atoms with E-state index < -0.39 is 17.7 Å². The first-order valence-corrected chi connectivity index (χ1v) is 4.56. The summed E-state index contributed by atoms with van der Waals surface area (Å²) >= 11 is 0. The summed E-state index contributed by atoms with van der Waals surface area (Å²) in [6, 6.07) is 5.55. The van der Waals surface area contributed by atoms with Gasteiger partial charge < -0.3 is 15.8 Å². The molecule has 0 spiro atoms. The quantitative estimate of drug-likeness (QED) is 0.683. The van der Waals surface area contributed by atoms with Crippen LogP contribution >= 0.6 is 0 Å². The Hall–Kier alpha value is -1.81. The van der Waals surface area contributed by atoms with Crippen LogP contribution < -0.4 is 5.71 Å². The maximum Gasteiger partial charge on any atom is 0.362 e. The highest BCUT2D eigenvalue weighted by molar-refractivity contribution is 5.84. The van der Waals surface area contributed by atoms with Crippen LogP contribution in [0.15, 0.2) is 30.5 Å². The van der Waals surface area contributed by atoms with E-state index in [4.69, 9.17) is 7.08 Å². The fourth-order valence-electron chi connectivity index (χ4n) is 1.53. The minimum absolute atomic E-state index is 0.124. The molecule has 0 saturated carbocycles. The molecule has 78 valence electrons. The Balaban J connectivity index is 2.41.